The number of anilines is 2. The fourth-order valence-electron chi connectivity index (χ4n) is 2.49. The molecule has 6 heteroatoms. The first kappa shape index (κ1) is 18.4. The zero-order chi connectivity index (χ0) is 16.9. The van der Waals surface area contributed by atoms with Crippen molar-refractivity contribution in [2.75, 3.05) is 19.0 Å². The molecular formula is C19H18ClN3O2. The molecule has 0 aliphatic heterocycles. The van der Waals surface area contributed by atoms with E-state index in [4.69, 9.17) is 9.47 Å². The number of halogens is 1. The molecule has 0 aliphatic carbocycles. The van der Waals surface area contributed by atoms with Crippen LogP contribution in [0.15, 0.2) is 48.7 Å². The van der Waals surface area contributed by atoms with E-state index in [1.807, 2.05) is 49.4 Å². The molecule has 3 rings (SSSR count). The highest BCUT2D eigenvalue weighted by atomic mass is 35.5. The normalized spacial score (nSPS) is 9.80. The summed E-state index contributed by atoms with van der Waals surface area (Å²) in [6, 6.07) is 15.4. The van der Waals surface area contributed by atoms with Crippen molar-refractivity contribution in [3.63, 3.8) is 0 Å². The third-order valence-corrected chi connectivity index (χ3v) is 3.61. The lowest BCUT2D eigenvalue weighted by Gasteiger charge is -2.13. The molecule has 1 aromatic heterocycles. The van der Waals surface area contributed by atoms with Crippen LogP contribution in [0.1, 0.15) is 12.5 Å². The zero-order valence-electron chi connectivity index (χ0n) is 13.9. The average molecular weight is 356 g/mol. The fourth-order valence-corrected chi connectivity index (χ4v) is 2.49. The van der Waals surface area contributed by atoms with E-state index in [2.05, 4.69) is 16.4 Å². The number of hydrogen-bond acceptors (Lipinski definition) is 5. The van der Waals surface area contributed by atoms with Gasteiger partial charge >= 0.3 is 0 Å². The third kappa shape index (κ3) is 3.93. The average Bonchev–Trinajstić information content (AvgIpc) is 2.62. The summed E-state index contributed by atoms with van der Waals surface area (Å²) in [4.78, 5) is 4.35. The number of methoxy groups -OCH3 is 1. The van der Waals surface area contributed by atoms with Crippen molar-refractivity contribution in [2.24, 2.45) is 0 Å². The Hall–Kier alpha value is -2.97. The molecule has 5 nitrogen and oxygen atoms in total. The van der Waals surface area contributed by atoms with Crippen LogP contribution >= 0.6 is 12.4 Å². The molecule has 0 unspecified atom stereocenters. The summed E-state index contributed by atoms with van der Waals surface area (Å²) < 4.78 is 10.8. The second-order valence-corrected chi connectivity index (χ2v) is 5.13. The molecule has 2 aromatic carbocycles. The van der Waals surface area contributed by atoms with Gasteiger partial charge in [-0.2, -0.15) is 5.26 Å². The summed E-state index contributed by atoms with van der Waals surface area (Å²) in [5.41, 5.74) is 2.80. The van der Waals surface area contributed by atoms with Crippen LogP contribution < -0.4 is 14.8 Å². The van der Waals surface area contributed by atoms with E-state index < -0.39 is 0 Å². The smallest absolute Gasteiger partial charge is 0.120 e. The van der Waals surface area contributed by atoms with E-state index in [-0.39, 0.29) is 12.4 Å². The van der Waals surface area contributed by atoms with Gasteiger partial charge < -0.3 is 14.8 Å². The lowest BCUT2D eigenvalue weighted by molar-refractivity contribution is 0.340. The minimum atomic E-state index is 0. The van der Waals surface area contributed by atoms with Gasteiger partial charge in [-0.1, -0.05) is 6.07 Å². The Morgan fingerprint density at radius 1 is 1.16 bits per heavy atom. The Bertz CT molecular complexity index is 922. The predicted molar refractivity (Wildman–Crippen MR) is 101 cm³/mol. The van der Waals surface area contributed by atoms with Gasteiger partial charge in [-0.05, 0) is 37.3 Å². The highest BCUT2D eigenvalue weighted by Crippen LogP contribution is 2.32. The van der Waals surface area contributed by atoms with E-state index in [0.29, 0.717) is 17.9 Å². The summed E-state index contributed by atoms with van der Waals surface area (Å²) in [6.07, 6.45) is 1.57. The Kier molecular flexibility index (Phi) is 6.04. The van der Waals surface area contributed by atoms with E-state index >= 15 is 0 Å². The molecule has 1 heterocycles. The van der Waals surface area contributed by atoms with Crippen molar-refractivity contribution in [3.05, 3.63) is 54.2 Å². The Balaban J connectivity index is 0.00000225. The van der Waals surface area contributed by atoms with Crippen LogP contribution in [0.2, 0.25) is 0 Å². The minimum Gasteiger partial charge on any atom is -0.497 e. The van der Waals surface area contributed by atoms with Crippen LogP contribution in [0.4, 0.5) is 11.4 Å². The van der Waals surface area contributed by atoms with Gasteiger partial charge in [0.15, 0.2) is 0 Å². The predicted octanol–water partition coefficient (Wildman–Crippen LogP) is 4.68. The molecule has 0 saturated heterocycles. The van der Waals surface area contributed by atoms with E-state index in [1.165, 1.54) is 0 Å². The molecule has 25 heavy (non-hydrogen) atoms. The monoisotopic (exact) mass is 355 g/mol. The Morgan fingerprint density at radius 3 is 2.72 bits per heavy atom. The second-order valence-electron chi connectivity index (χ2n) is 5.13. The van der Waals surface area contributed by atoms with Crippen LogP contribution in [0, 0.1) is 11.3 Å². The van der Waals surface area contributed by atoms with Crippen LogP contribution in [-0.4, -0.2) is 18.7 Å². The minimum absolute atomic E-state index is 0. The number of benzene rings is 2. The molecule has 0 bridgehead atoms. The quantitative estimate of drug-likeness (QED) is 0.719. The standard InChI is InChI=1S/C19H17N3O2.ClH/c1-3-24-16-7-8-18-17(10-16)19(13(11-20)12-21-18)22-14-5-4-6-15(9-14)23-2;/h4-10,12H,3H2,1-2H3,(H,21,22);1H. The highest BCUT2D eigenvalue weighted by Gasteiger charge is 2.11. The van der Waals surface area contributed by atoms with Gasteiger partial charge in [0, 0.05) is 23.3 Å². The number of nitriles is 1. The molecule has 0 saturated carbocycles. The summed E-state index contributed by atoms with van der Waals surface area (Å²) in [7, 11) is 1.62. The molecule has 0 radical (unpaired) electrons. The molecule has 128 valence electrons. The summed E-state index contributed by atoms with van der Waals surface area (Å²) in [5, 5.41) is 13.6. The first-order valence-electron chi connectivity index (χ1n) is 7.62. The van der Waals surface area contributed by atoms with Crippen LogP contribution in [0.25, 0.3) is 10.9 Å². The van der Waals surface area contributed by atoms with Crippen molar-refractivity contribution in [1.82, 2.24) is 4.98 Å². The van der Waals surface area contributed by atoms with E-state index in [9.17, 15) is 5.26 Å². The van der Waals surface area contributed by atoms with Crippen molar-refractivity contribution >= 4 is 34.7 Å². The van der Waals surface area contributed by atoms with Crippen molar-refractivity contribution < 1.29 is 9.47 Å². The number of hydrogen-bond donors (Lipinski definition) is 1. The van der Waals surface area contributed by atoms with E-state index in [1.54, 1.807) is 13.3 Å². The summed E-state index contributed by atoms with van der Waals surface area (Å²) in [5.74, 6) is 1.49. The van der Waals surface area contributed by atoms with E-state index in [0.717, 1.165) is 28.1 Å². The molecule has 0 aliphatic rings. The Morgan fingerprint density at radius 2 is 2.00 bits per heavy atom. The number of rotatable bonds is 5. The topological polar surface area (TPSA) is 67.2 Å². The first-order chi connectivity index (χ1) is 11.7. The van der Waals surface area contributed by atoms with Crippen molar-refractivity contribution in [3.8, 4) is 17.6 Å². The molecule has 1 N–H and O–H groups in total. The largest absolute Gasteiger partial charge is 0.497 e. The van der Waals surface area contributed by atoms with Gasteiger partial charge in [0.05, 0.1) is 30.5 Å². The first-order valence-corrected chi connectivity index (χ1v) is 7.62. The van der Waals surface area contributed by atoms with Crippen LogP contribution in [0.3, 0.4) is 0 Å². The van der Waals surface area contributed by atoms with Gasteiger partial charge in [-0.3, -0.25) is 4.98 Å². The number of fused-ring (bicyclic) bond motifs is 1. The Labute approximate surface area is 152 Å². The number of ether oxygens (including phenoxy) is 2. The lowest BCUT2D eigenvalue weighted by atomic mass is 10.1. The SMILES string of the molecule is CCOc1ccc2ncc(C#N)c(Nc3cccc(OC)c3)c2c1.Cl. The van der Waals surface area contributed by atoms with Gasteiger partial charge in [0.2, 0.25) is 0 Å². The molecule has 0 amide bonds. The molecule has 0 fully saturated rings. The van der Waals surface area contributed by atoms with Gasteiger partial charge in [-0.25, -0.2) is 0 Å². The van der Waals surface area contributed by atoms with Crippen molar-refractivity contribution in [1.29, 1.82) is 5.26 Å². The lowest BCUT2D eigenvalue weighted by Crippen LogP contribution is -1.98. The molecule has 0 spiro atoms. The van der Waals surface area contributed by atoms with Crippen molar-refractivity contribution in [2.45, 2.75) is 6.92 Å². The second kappa shape index (κ2) is 8.22. The molecule has 0 atom stereocenters. The van der Waals surface area contributed by atoms with Gasteiger partial charge in [0.1, 0.15) is 17.6 Å². The molecule has 3 aromatic rings. The van der Waals surface area contributed by atoms with Crippen LogP contribution in [0.5, 0.6) is 11.5 Å². The number of nitrogens with one attached hydrogen (secondary N) is 1. The van der Waals surface area contributed by atoms with Gasteiger partial charge in [0.25, 0.3) is 0 Å². The van der Waals surface area contributed by atoms with Crippen LogP contribution in [-0.2, 0) is 0 Å². The number of nitrogens with zero attached hydrogens (tertiary/aromatic N) is 2. The maximum Gasteiger partial charge on any atom is 0.120 e. The number of aromatic nitrogens is 1. The third-order valence-electron chi connectivity index (χ3n) is 3.61. The van der Waals surface area contributed by atoms with Gasteiger partial charge in [-0.15, -0.1) is 12.4 Å². The summed E-state index contributed by atoms with van der Waals surface area (Å²) >= 11 is 0. The maximum absolute atomic E-state index is 9.44. The molecular weight excluding hydrogens is 338 g/mol. The number of pyridine rings is 1. The zero-order valence-corrected chi connectivity index (χ0v) is 14.8. The maximum atomic E-state index is 9.44. The highest BCUT2D eigenvalue weighted by molar-refractivity contribution is 5.96. The summed E-state index contributed by atoms with van der Waals surface area (Å²) in [6.45, 7) is 2.51. The fraction of sp³-hybridized carbons (Fsp3) is 0.158.